The molecule has 172 valence electrons. The Balaban J connectivity index is 1.53. The molecule has 1 aliphatic heterocycles. The summed E-state index contributed by atoms with van der Waals surface area (Å²) in [6.45, 7) is 0.361. The van der Waals surface area contributed by atoms with E-state index in [2.05, 4.69) is 15.0 Å². The van der Waals surface area contributed by atoms with Crippen molar-refractivity contribution >= 4 is 5.91 Å². The molecule has 3 aromatic rings. The highest BCUT2D eigenvalue weighted by molar-refractivity contribution is 6.00. The van der Waals surface area contributed by atoms with Gasteiger partial charge in [-0.3, -0.25) is 4.79 Å². The highest BCUT2D eigenvalue weighted by Crippen LogP contribution is 2.31. The summed E-state index contributed by atoms with van der Waals surface area (Å²) in [4.78, 5) is 26.3. The lowest BCUT2D eigenvalue weighted by Gasteiger charge is -2.33. The molecule has 1 saturated heterocycles. The molecule has 11 heteroatoms. The third-order valence-electron chi connectivity index (χ3n) is 5.10. The van der Waals surface area contributed by atoms with Crippen LogP contribution in [-0.4, -0.2) is 45.0 Å². The van der Waals surface area contributed by atoms with Crippen LogP contribution in [0.2, 0.25) is 0 Å². The van der Waals surface area contributed by atoms with Crippen molar-refractivity contribution in [1.29, 1.82) is 0 Å². The number of pyridine rings is 1. The number of likely N-dealkylation sites (tertiary alicyclic amines) is 1. The van der Waals surface area contributed by atoms with Crippen LogP contribution in [0.5, 0.6) is 5.88 Å². The van der Waals surface area contributed by atoms with E-state index in [-0.39, 0.29) is 17.9 Å². The zero-order valence-electron chi connectivity index (χ0n) is 17.0. The molecule has 3 heterocycles. The molecule has 1 aliphatic rings. The molecule has 1 atom stereocenters. The number of rotatable bonds is 4. The van der Waals surface area contributed by atoms with Gasteiger partial charge in [-0.2, -0.15) is 13.2 Å². The van der Waals surface area contributed by atoms with Crippen LogP contribution in [0.3, 0.4) is 0 Å². The van der Waals surface area contributed by atoms with E-state index < -0.39 is 41.3 Å². The van der Waals surface area contributed by atoms with Crippen molar-refractivity contribution in [3.8, 4) is 17.3 Å². The Labute approximate surface area is 185 Å². The van der Waals surface area contributed by atoms with E-state index in [9.17, 15) is 26.7 Å². The van der Waals surface area contributed by atoms with Crippen molar-refractivity contribution in [2.24, 2.45) is 0 Å². The van der Waals surface area contributed by atoms with E-state index >= 15 is 0 Å². The van der Waals surface area contributed by atoms with Gasteiger partial charge in [0.1, 0.15) is 11.9 Å². The van der Waals surface area contributed by atoms with Crippen molar-refractivity contribution < 1.29 is 31.5 Å². The topological polar surface area (TPSA) is 68.2 Å². The maximum atomic E-state index is 14.1. The number of hydrogen-bond acceptors (Lipinski definition) is 5. The van der Waals surface area contributed by atoms with Gasteiger partial charge in [0.2, 0.25) is 0 Å². The Kier molecular flexibility index (Phi) is 6.21. The number of aromatic nitrogens is 3. The first-order valence-electron chi connectivity index (χ1n) is 9.98. The highest BCUT2D eigenvalue weighted by Gasteiger charge is 2.33. The fraction of sp³-hybridized carbons (Fsp3) is 0.273. The first-order chi connectivity index (χ1) is 15.7. The molecule has 1 unspecified atom stereocenters. The first kappa shape index (κ1) is 22.6. The summed E-state index contributed by atoms with van der Waals surface area (Å²) in [5, 5.41) is 0. The molecule has 1 fully saturated rings. The van der Waals surface area contributed by atoms with Crippen molar-refractivity contribution in [2.45, 2.75) is 25.1 Å². The number of halogens is 5. The smallest absolute Gasteiger partial charge is 0.417 e. The number of alkyl halides is 3. The molecule has 0 saturated carbocycles. The molecule has 0 radical (unpaired) electrons. The van der Waals surface area contributed by atoms with E-state index in [1.54, 1.807) is 6.07 Å². The number of nitrogens with zero attached hydrogens (tertiary/aromatic N) is 4. The van der Waals surface area contributed by atoms with E-state index in [0.29, 0.717) is 37.2 Å². The zero-order valence-corrected chi connectivity index (χ0v) is 17.0. The zero-order chi connectivity index (χ0) is 23.6. The van der Waals surface area contributed by atoms with Gasteiger partial charge in [0.05, 0.1) is 17.7 Å². The second-order valence-electron chi connectivity index (χ2n) is 7.40. The Bertz CT molecular complexity index is 1160. The van der Waals surface area contributed by atoms with Crippen LogP contribution in [-0.2, 0) is 6.18 Å². The van der Waals surface area contributed by atoms with Crippen molar-refractivity contribution in [3.05, 3.63) is 71.7 Å². The van der Waals surface area contributed by atoms with Crippen LogP contribution >= 0.6 is 0 Å². The molecule has 33 heavy (non-hydrogen) atoms. The summed E-state index contributed by atoms with van der Waals surface area (Å²) in [7, 11) is 0. The van der Waals surface area contributed by atoms with E-state index in [1.165, 1.54) is 29.4 Å². The Hall–Kier alpha value is -3.63. The first-order valence-corrected chi connectivity index (χ1v) is 9.98. The standard InChI is InChI=1S/C22H17F5N4O2/c23-14-4-5-16(19-28-6-2-7-29-19)17(10-14)21(32)31-8-1-3-15(12-31)33-20-18(24)9-13(11-30-20)22(25,26)27/h2,4-7,9-11,15H,1,3,8,12H2. The lowest BCUT2D eigenvalue weighted by Crippen LogP contribution is -2.44. The molecule has 0 N–H and O–H groups in total. The lowest BCUT2D eigenvalue weighted by molar-refractivity contribution is -0.138. The van der Waals surface area contributed by atoms with Crippen LogP contribution in [0, 0.1) is 11.6 Å². The number of carbonyl (C=O) groups is 1. The summed E-state index contributed by atoms with van der Waals surface area (Å²) in [6.07, 6.45) is -1.03. The van der Waals surface area contributed by atoms with Crippen molar-refractivity contribution in [1.82, 2.24) is 19.9 Å². The molecule has 0 bridgehead atoms. The second-order valence-corrected chi connectivity index (χ2v) is 7.40. The van der Waals surface area contributed by atoms with Gasteiger partial charge in [-0.05, 0) is 43.2 Å². The number of ether oxygens (including phenoxy) is 1. The largest absolute Gasteiger partial charge is 0.470 e. The molecule has 0 aliphatic carbocycles. The third kappa shape index (κ3) is 5.07. The summed E-state index contributed by atoms with van der Waals surface area (Å²) in [5.74, 6) is -2.68. The number of benzene rings is 1. The second kappa shape index (κ2) is 9.08. The minimum atomic E-state index is -4.73. The Morgan fingerprint density at radius 1 is 1.09 bits per heavy atom. The normalized spacial score (nSPS) is 16.5. The van der Waals surface area contributed by atoms with Gasteiger partial charge in [-0.1, -0.05) is 0 Å². The predicted molar refractivity (Wildman–Crippen MR) is 106 cm³/mol. The van der Waals surface area contributed by atoms with Gasteiger partial charge >= 0.3 is 6.18 Å². The quantitative estimate of drug-likeness (QED) is 0.532. The maximum absolute atomic E-state index is 14.1. The van der Waals surface area contributed by atoms with Gasteiger partial charge in [0.25, 0.3) is 11.8 Å². The average Bonchev–Trinajstić information content (AvgIpc) is 2.80. The summed E-state index contributed by atoms with van der Waals surface area (Å²) >= 11 is 0. The maximum Gasteiger partial charge on any atom is 0.417 e. The fourth-order valence-electron chi connectivity index (χ4n) is 3.54. The van der Waals surface area contributed by atoms with Crippen LogP contribution in [0.4, 0.5) is 22.0 Å². The average molecular weight is 464 g/mol. The molecular formula is C22H17F5N4O2. The van der Waals surface area contributed by atoms with E-state index in [4.69, 9.17) is 4.74 Å². The molecule has 2 aromatic heterocycles. The van der Waals surface area contributed by atoms with Crippen LogP contribution in [0.1, 0.15) is 28.8 Å². The fourth-order valence-corrected chi connectivity index (χ4v) is 3.54. The molecule has 1 amide bonds. The summed E-state index contributed by atoms with van der Waals surface area (Å²) < 4.78 is 71.7. The molecule has 6 nitrogen and oxygen atoms in total. The summed E-state index contributed by atoms with van der Waals surface area (Å²) in [5.41, 5.74) is -0.823. The van der Waals surface area contributed by atoms with E-state index in [1.807, 2.05) is 0 Å². The Morgan fingerprint density at radius 2 is 1.85 bits per heavy atom. The van der Waals surface area contributed by atoms with Gasteiger partial charge in [0.15, 0.2) is 11.6 Å². The van der Waals surface area contributed by atoms with Gasteiger partial charge in [-0.15, -0.1) is 0 Å². The molecular weight excluding hydrogens is 447 g/mol. The monoisotopic (exact) mass is 464 g/mol. The summed E-state index contributed by atoms with van der Waals surface area (Å²) in [6, 6.07) is 5.62. The van der Waals surface area contributed by atoms with Gasteiger partial charge in [0, 0.05) is 30.7 Å². The van der Waals surface area contributed by atoms with Crippen molar-refractivity contribution in [2.75, 3.05) is 13.1 Å². The van der Waals surface area contributed by atoms with Gasteiger partial charge in [-0.25, -0.2) is 23.7 Å². The number of carbonyl (C=O) groups excluding carboxylic acids is 1. The van der Waals surface area contributed by atoms with Crippen LogP contribution in [0.25, 0.3) is 11.4 Å². The molecule has 1 aromatic carbocycles. The number of hydrogen-bond donors (Lipinski definition) is 0. The van der Waals surface area contributed by atoms with Crippen LogP contribution < -0.4 is 4.74 Å². The highest BCUT2D eigenvalue weighted by atomic mass is 19.4. The number of amides is 1. The molecule has 0 spiro atoms. The third-order valence-corrected chi connectivity index (χ3v) is 5.10. The van der Waals surface area contributed by atoms with Crippen molar-refractivity contribution in [3.63, 3.8) is 0 Å². The van der Waals surface area contributed by atoms with Gasteiger partial charge < -0.3 is 9.64 Å². The minimum Gasteiger partial charge on any atom is -0.470 e. The van der Waals surface area contributed by atoms with Crippen LogP contribution in [0.15, 0.2) is 48.9 Å². The minimum absolute atomic E-state index is 0.0204. The lowest BCUT2D eigenvalue weighted by atomic mass is 10.0. The Morgan fingerprint density at radius 3 is 2.55 bits per heavy atom. The number of piperidine rings is 1. The SMILES string of the molecule is O=C(c1cc(F)ccc1-c1ncccn1)N1CCCC(Oc2ncc(C(F)(F)F)cc2F)C1. The van der Waals surface area contributed by atoms with E-state index in [0.717, 1.165) is 6.07 Å². The predicted octanol–water partition coefficient (Wildman–Crippen LogP) is 4.52. The molecule has 4 rings (SSSR count).